The van der Waals surface area contributed by atoms with E-state index in [2.05, 4.69) is 16.6 Å². The predicted molar refractivity (Wildman–Crippen MR) is 111 cm³/mol. The molecule has 1 saturated carbocycles. The molecule has 1 aliphatic rings. The van der Waals surface area contributed by atoms with Gasteiger partial charge in [-0.3, -0.25) is 19.6 Å². The zero-order chi connectivity index (χ0) is 23.4. The first-order valence-electron chi connectivity index (χ1n) is 9.47. The summed E-state index contributed by atoms with van der Waals surface area (Å²) in [7, 11) is -3.94. The van der Waals surface area contributed by atoms with E-state index >= 15 is 0 Å². The number of nitro groups is 1. The van der Waals surface area contributed by atoms with Gasteiger partial charge in [0.1, 0.15) is 11.5 Å². The highest BCUT2D eigenvalue weighted by Gasteiger charge is 2.53. The Hall–Kier alpha value is -3.02. The molecule has 170 valence electrons. The third kappa shape index (κ3) is 5.78. The molecule has 12 heteroatoms. The Morgan fingerprint density at radius 1 is 1.35 bits per heavy atom. The average molecular weight is 458 g/mol. The zero-order valence-corrected chi connectivity index (χ0v) is 17.9. The van der Waals surface area contributed by atoms with Gasteiger partial charge >= 0.3 is 0 Å². The fourth-order valence-electron chi connectivity index (χ4n) is 2.84. The van der Waals surface area contributed by atoms with Crippen LogP contribution in [0.25, 0.3) is 0 Å². The van der Waals surface area contributed by atoms with E-state index in [0.717, 1.165) is 6.07 Å². The van der Waals surface area contributed by atoms with Gasteiger partial charge in [-0.05, 0) is 43.9 Å². The second-order valence-electron chi connectivity index (χ2n) is 7.23. The topological polar surface area (TPSA) is 130 Å². The van der Waals surface area contributed by atoms with Crippen molar-refractivity contribution in [2.75, 3.05) is 18.4 Å². The van der Waals surface area contributed by atoms with Gasteiger partial charge in [-0.15, -0.1) is 0 Å². The van der Waals surface area contributed by atoms with Crippen LogP contribution < -0.4 is 15.4 Å². The maximum atomic E-state index is 14.9. The SMILES string of the molecule is C=C(NS(=O)(=O)C1(CC)CC1)/C(Nc1ccc(C)cc1F)=C(/F)C(=O)NCC[N+](=O)[O-]. The molecule has 0 atom stereocenters. The van der Waals surface area contributed by atoms with E-state index in [1.807, 2.05) is 5.32 Å². The number of carbonyl (C=O) groups is 1. The van der Waals surface area contributed by atoms with Crippen LogP contribution in [0.2, 0.25) is 0 Å². The van der Waals surface area contributed by atoms with Gasteiger partial charge in [-0.1, -0.05) is 19.6 Å². The van der Waals surface area contributed by atoms with Crippen LogP contribution in [0.5, 0.6) is 0 Å². The van der Waals surface area contributed by atoms with Crippen LogP contribution in [0, 0.1) is 22.9 Å². The first kappa shape index (κ1) is 24.3. The molecule has 1 amide bonds. The first-order valence-corrected chi connectivity index (χ1v) is 11.0. The van der Waals surface area contributed by atoms with Gasteiger partial charge in [0.05, 0.1) is 22.7 Å². The molecule has 0 aromatic heterocycles. The number of rotatable bonds is 11. The van der Waals surface area contributed by atoms with Crippen LogP contribution in [0.3, 0.4) is 0 Å². The average Bonchev–Trinajstić information content (AvgIpc) is 3.48. The van der Waals surface area contributed by atoms with Crippen LogP contribution >= 0.6 is 0 Å². The van der Waals surface area contributed by atoms with Crippen molar-refractivity contribution in [3.05, 3.63) is 63.5 Å². The van der Waals surface area contributed by atoms with Gasteiger partial charge in [-0.2, -0.15) is 4.39 Å². The van der Waals surface area contributed by atoms with E-state index in [1.54, 1.807) is 13.8 Å². The lowest BCUT2D eigenvalue weighted by molar-refractivity contribution is -0.477. The normalized spacial score (nSPS) is 15.5. The molecule has 31 heavy (non-hydrogen) atoms. The smallest absolute Gasteiger partial charge is 0.282 e. The maximum absolute atomic E-state index is 14.9. The highest BCUT2D eigenvalue weighted by Crippen LogP contribution is 2.46. The quantitative estimate of drug-likeness (QED) is 0.202. The molecule has 0 spiro atoms. The van der Waals surface area contributed by atoms with E-state index in [4.69, 9.17) is 0 Å². The molecule has 2 rings (SSSR count). The number of hydrogen-bond donors (Lipinski definition) is 3. The summed E-state index contributed by atoms with van der Waals surface area (Å²) < 4.78 is 55.7. The minimum atomic E-state index is -3.94. The van der Waals surface area contributed by atoms with Crippen molar-refractivity contribution < 1.29 is 26.9 Å². The number of halogens is 2. The highest BCUT2D eigenvalue weighted by atomic mass is 32.2. The molecule has 1 aromatic carbocycles. The fraction of sp³-hybridized carbons (Fsp3) is 0.421. The van der Waals surface area contributed by atoms with Crippen LogP contribution in [-0.4, -0.2) is 37.1 Å². The van der Waals surface area contributed by atoms with Crippen LogP contribution in [-0.2, 0) is 14.8 Å². The Morgan fingerprint density at radius 3 is 2.52 bits per heavy atom. The summed E-state index contributed by atoms with van der Waals surface area (Å²) >= 11 is 0. The highest BCUT2D eigenvalue weighted by molar-refractivity contribution is 7.91. The van der Waals surface area contributed by atoms with Gasteiger partial charge in [-0.25, -0.2) is 12.8 Å². The van der Waals surface area contributed by atoms with Gasteiger partial charge in [0.25, 0.3) is 5.91 Å². The van der Waals surface area contributed by atoms with E-state index < -0.39 is 61.7 Å². The third-order valence-corrected chi connectivity index (χ3v) is 7.32. The molecular formula is C19H24F2N4O5S. The van der Waals surface area contributed by atoms with E-state index in [1.165, 1.54) is 12.1 Å². The number of sulfonamides is 1. The molecule has 1 aliphatic carbocycles. The lowest BCUT2D eigenvalue weighted by atomic mass is 10.2. The Bertz CT molecular complexity index is 1040. The van der Waals surface area contributed by atoms with Crippen LogP contribution in [0.15, 0.2) is 42.0 Å². The number of carbonyl (C=O) groups excluding carboxylic acids is 1. The number of aryl methyl sites for hydroxylation is 1. The van der Waals surface area contributed by atoms with E-state index in [-0.39, 0.29) is 5.69 Å². The van der Waals surface area contributed by atoms with E-state index in [0.29, 0.717) is 24.8 Å². The summed E-state index contributed by atoms with van der Waals surface area (Å²) in [6.07, 6.45) is 1.18. The van der Waals surface area contributed by atoms with Crippen molar-refractivity contribution in [1.29, 1.82) is 0 Å². The molecule has 3 N–H and O–H groups in total. The molecule has 9 nitrogen and oxygen atoms in total. The number of nitrogens with one attached hydrogen (secondary N) is 3. The Kier molecular flexibility index (Phi) is 7.37. The molecular weight excluding hydrogens is 434 g/mol. The molecule has 1 aromatic rings. The van der Waals surface area contributed by atoms with Crippen molar-refractivity contribution >= 4 is 21.6 Å². The van der Waals surface area contributed by atoms with Crippen molar-refractivity contribution in [1.82, 2.24) is 10.0 Å². The number of benzene rings is 1. The third-order valence-electron chi connectivity index (χ3n) is 4.96. The molecule has 0 heterocycles. The van der Waals surface area contributed by atoms with Crippen LogP contribution in [0.4, 0.5) is 14.5 Å². The lowest BCUT2D eigenvalue weighted by Gasteiger charge is -2.20. The van der Waals surface area contributed by atoms with Crippen molar-refractivity contribution in [2.45, 2.75) is 37.9 Å². The van der Waals surface area contributed by atoms with Crippen molar-refractivity contribution in [3.8, 4) is 0 Å². The Balaban J connectivity index is 2.35. The first-order chi connectivity index (χ1) is 14.4. The van der Waals surface area contributed by atoms with Gasteiger partial charge in [0.2, 0.25) is 22.4 Å². The standard InChI is InChI=1S/C19H24F2N4O5S/c1-4-19(7-8-19)31(29,30)24-13(3)17(16(21)18(26)22-9-10-25(27)28)23-15-6-5-12(2)11-14(15)20/h5-6,11,23-24H,3-4,7-10H2,1-2H3,(H,22,26)/b17-16-. The second-order valence-corrected chi connectivity index (χ2v) is 9.31. The summed E-state index contributed by atoms with van der Waals surface area (Å²) in [5.41, 5.74) is -0.825. The summed E-state index contributed by atoms with van der Waals surface area (Å²) in [6, 6.07) is 3.98. The molecule has 0 unspecified atom stereocenters. The largest absolute Gasteiger partial charge is 0.349 e. The number of nitrogens with zero attached hydrogens (tertiary/aromatic N) is 1. The second kappa shape index (κ2) is 9.41. The molecule has 1 fully saturated rings. The molecule has 0 radical (unpaired) electrons. The predicted octanol–water partition coefficient (Wildman–Crippen LogP) is 2.50. The van der Waals surface area contributed by atoms with Crippen LogP contribution in [0.1, 0.15) is 31.7 Å². The monoisotopic (exact) mass is 458 g/mol. The van der Waals surface area contributed by atoms with Gasteiger partial charge in [0.15, 0.2) is 0 Å². The summed E-state index contributed by atoms with van der Waals surface area (Å²) in [6.45, 7) is 5.76. The minimum Gasteiger partial charge on any atom is -0.349 e. The summed E-state index contributed by atoms with van der Waals surface area (Å²) in [5.74, 6) is -3.60. The maximum Gasteiger partial charge on any atom is 0.282 e. The van der Waals surface area contributed by atoms with Gasteiger partial charge in [0, 0.05) is 4.92 Å². The molecule has 0 saturated heterocycles. The fourth-order valence-corrected chi connectivity index (χ4v) is 4.51. The van der Waals surface area contributed by atoms with Crippen molar-refractivity contribution in [2.24, 2.45) is 0 Å². The molecule has 0 aliphatic heterocycles. The Morgan fingerprint density at radius 2 is 2.00 bits per heavy atom. The van der Waals surface area contributed by atoms with Gasteiger partial charge < -0.3 is 10.6 Å². The summed E-state index contributed by atoms with van der Waals surface area (Å²) in [5, 5.41) is 14.8. The van der Waals surface area contributed by atoms with E-state index in [9.17, 15) is 32.1 Å². The minimum absolute atomic E-state index is 0.217. The zero-order valence-electron chi connectivity index (χ0n) is 17.1. The van der Waals surface area contributed by atoms with Crippen molar-refractivity contribution in [3.63, 3.8) is 0 Å². The number of anilines is 1. The molecule has 0 bridgehead atoms. The lowest BCUT2D eigenvalue weighted by Crippen LogP contribution is -2.37. The summed E-state index contributed by atoms with van der Waals surface area (Å²) in [4.78, 5) is 21.8. The number of hydrogen-bond acceptors (Lipinski definition) is 6. The Labute approximate surface area is 178 Å². The number of amides is 1.